The average molecular weight is 253 g/mol. The van der Waals surface area contributed by atoms with Gasteiger partial charge in [-0.05, 0) is 24.1 Å². The molecule has 1 aromatic rings. The topological polar surface area (TPSA) is 37.4 Å². The Balaban J connectivity index is 2.48. The van der Waals surface area contributed by atoms with Crippen molar-refractivity contribution in [2.45, 2.75) is 13.3 Å². The Morgan fingerprint density at radius 3 is 2.16 bits per heavy atom. The van der Waals surface area contributed by atoms with Gasteiger partial charge in [0.2, 0.25) is 0 Å². The summed E-state index contributed by atoms with van der Waals surface area (Å²) < 4.78 is 0. The van der Waals surface area contributed by atoms with Crippen LogP contribution in [-0.4, -0.2) is 11.8 Å². The van der Waals surface area contributed by atoms with Crippen molar-refractivity contribution in [2.24, 2.45) is 0 Å². The van der Waals surface area contributed by atoms with E-state index in [0.29, 0.717) is 16.8 Å². The van der Waals surface area contributed by atoms with Crippen LogP contribution in [0.4, 0.5) is 5.69 Å². The molecule has 0 N–H and O–H groups in total. The van der Waals surface area contributed by atoms with Gasteiger partial charge in [-0.3, -0.25) is 9.59 Å². The molecule has 96 valence electrons. The lowest BCUT2D eigenvalue weighted by molar-refractivity contribution is -0.120. The maximum Gasteiger partial charge on any atom is 0.266 e. The number of anilines is 1. The summed E-state index contributed by atoms with van der Waals surface area (Å²) in [5.41, 5.74) is 2.28. The summed E-state index contributed by atoms with van der Waals surface area (Å²) in [4.78, 5) is 25.7. The van der Waals surface area contributed by atoms with E-state index in [4.69, 9.17) is 0 Å². The first-order chi connectivity index (χ1) is 9.13. The van der Waals surface area contributed by atoms with Crippen LogP contribution >= 0.6 is 0 Å². The molecule has 0 aliphatic carbocycles. The van der Waals surface area contributed by atoms with Crippen LogP contribution in [0.2, 0.25) is 0 Å². The highest BCUT2D eigenvalue weighted by molar-refractivity contribution is 6.34. The van der Waals surface area contributed by atoms with Crippen molar-refractivity contribution in [2.75, 3.05) is 4.90 Å². The second kappa shape index (κ2) is 5.06. The summed E-state index contributed by atoms with van der Waals surface area (Å²) in [5.74, 6) is -0.689. The van der Waals surface area contributed by atoms with E-state index < -0.39 is 0 Å². The second-order valence-electron chi connectivity index (χ2n) is 4.20. The summed E-state index contributed by atoms with van der Waals surface area (Å²) in [6.07, 6.45) is 3.65. The van der Waals surface area contributed by atoms with Gasteiger partial charge in [0.25, 0.3) is 11.8 Å². The van der Waals surface area contributed by atoms with Gasteiger partial charge in [-0.15, -0.1) is 0 Å². The number of carbonyl (C=O) groups excluding carboxylic acids is 2. The van der Waals surface area contributed by atoms with Crippen molar-refractivity contribution in [1.82, 2.24) is 0 Å². The molecule has 3 nitrogen and oxygen atoms in total. The molecule has 0 saturated heterocycles. The molecule has 1 heterocycles. The number of hydrogen-bond acceptors (Lipinski definition) is 2. The molecule has 0 fully saturated rings. The standard InChI is InChI=1S/C16H15NO2/c1-4-11-8-7-9-12(10-11)17-15(18)13(5-2)14(6-3)16(17)19/h5-10H,2-4H2,1H3. The van der Waals surface area contributed by atoms with Gasteiger partial charge in [-0.1, -0.05) is 44.4 Å². The summed E-state index contributed by atoms with van der Waals surface area (Å²) in [6.45, 7) is 9.19. The van der Waals surface area contributed by atoms with Crippen molar-refractivity contribution in [1.29, 1.82) is 0 Å². The van der Waals surface area contributed by atoms with E-state index in [1.165, 1.54) is 17.1 Å². The highest BCUT2D eigenvalue weighted by Gasteiger charge is 2.36. The summed E-state index contributed by atoms with van der Waals surface area (Å²) >= 11 is 0. The molecule has 2 rings (SSSR count). The predicted molar refractivity (Wildman–Crippen MR) is 75.7 cm³/mol. The molecule has 1 aromatic carbocycles. The molecule has 0 saturated carbocycles. The zero-order valence-electron chi connectivity index (χ0n) is 10.8. The fourth-order valence-electron chi connectivity index (χ4n) is 2.11. The summed E-state index contributed by atoms with van der Waals surface area (Å²) in [7, 11) is 0. The van der Waals surface area contributed by atoms with E-state index in [-0.39, 0.29) is 11.8 Å². The van der Waals surface area contributed by atoms with Gasteiger partial charge < -0.3 is 0 Å². The van der Waals surface area contributed by atoms with Gasteiger partial charge >= 0.3 is 0 Å². The zero-order chi connectivity index (χ0) is 14.0. The van der Waals surface area contributed by atoms with Crippen LogP contribution in [0.5, 0.6) is 0 Å². The van der Waals surface area contributed by atoms with E-state index >= 15 is 0 Å². The Labute approximate surface area is 112 Å². The molecule has 0 spiro atoms. The summed E-state index contributed by atoms with van der Waals surface area (Å²) in [5, 5.41) is 0. The second-order valence-corrected chi connectivity index (χ2v) is 4.20. The number of hydrogen-bond donors (Lipinski definition) is 0. The summed E-state index contributed by atoms with van der Waals surface area (Å²) in [6, 6.07) is 7.41. The third-order valence-electron chi connectivity index (χ3n) is 3.14. The van der Waals surface area contributed by atoms with Crippen LogP contribution in [0, 0.1) is 0 Å². The van der Waals surface area contributed by atoms with Gasteiger partial charge in [0.1, 0.15) is 0 Å². The molecule has 0 bridgehead atoms. The smallest absolute Gasteiger partial charge is 0.266 e. The Bertz CT molecular complexity index is 581. The average Bonchev–Trinajstić information content (AvgIpc) is 2.68. The minimum Gasteiger partial charge on any atom is -0.268 e. The SMILES string of the molecule is C=CC1=C(C=C)C(=O)N(c2cccc(CC)c2)C1=O. The number of rotatable bonds is 4. The fraction of sp³-hybridized carbons (Fsp3) is 0.125. The van der Waals surface area contributed by atoms with Gasteiger partial charge in [-0.2, -0.15) is 0 Å². The number of amides is 2. The third-order valence-corrected chi connectivity index (χ3v) is 3.14. The van der Waals surface area contributed by atoms with Crippen LogP contribution in [0.3, 0.4) is 0 Å². The molecule has 2 amide bonds. The minimum atomic E-state index is -0.344. The Hall–Kier alpha value is -2.42. The minimum absolute atomic E-state index is 0.307. The van der Waals surface area contributed by atoms with Crippen LogP contribution < -0.4 is 4.90 Å². The first-order valence-corrected chi connectivity index (χ1v) is 6.10. The predicted octanol–water partition coefficient (Wildman–Crippen LogP) is 2.79. The molecular formula is C16H15NO2. The van der Waals surface area contributed by atoms with Gasteiger partial charge in [0.05, 0.1) is 16.8 Å². The van der Waals surface area contributed by atoms with E-state index in [9.17, 15) is 9.59 Å². The lowest BCUT2D eigenvalue weighted by Gasteiger charge is -2.15. The van der Waals surface area contributed by atoms with E-state index in [1.54, 1.807) is 6.07 Å². The number of aryl methyl sites for hydroxylation is 1. The van der Waals surface area contributed by atoms with Crippen molar-refractivity contribution < 1.29 is 9.59 Å². The van der Waals surface area contributed by atoms with E-state index in [0.717, 1.165) is 12.0 Å². The molecule has 19 heavy (non-hydrogen) atoms. The van der Waals surface area contributed by atoms with Crippen molar-refractivity contribution >= 4 is 17.5 Å². The van der Waals surface area contributed by atoms with Gasteiger partial charge in [-0.25, -0.2) is 4.90 Å². The van der Waals surface area contributed by atoms with Crippen molar-refractivity contribution in [3.63, 3.8) is 0 Å². The monoisotopic (exact) mass is 253 g/mol. The van der Waals surface area contributed by atoms with E-state index in [1.807, 2.05) is 25.1 Å². The number of carbonyl (C=O) groups is 2. The number of benzene rings is 1. The van der Waals surface area contributed by atoms with Crippen molar-refractivity contribution in [3.8, 4) is 0 Å². The largest absolute Gasteiger partial charge is 0.268 e. The molecule has 1 aliphatic heterocycles. The molecule has 0 unspecified atom stereocenters. The molecule has 3 heteroatoms. The molecule has 0 radical (unpaired) electrons. The number of imide groups is 1. The molecule has 0 atom stereocenters. The van der Waals surface area contributed by atoms with Crippen LogP contribution in [0.25, 0.3) is 0 Å². The van der Waals surface area contributed by atoms with Crippen LogP contribution in [-0.2, 0) is 16.0 Å². The Kier molecular flexibility index (Phi) is 3.47. The number of nitrogens with zero attached hydrogens (tertiary/aromatic N) is 1. The first-order valence-electron chi connectivity index (χ1n) is 6.10. The molecular weight excluding hydrogens is 238 g/mol. The first kappa shape index (κ1) is 13.0. The maximum absolute atomic E-state index is 12.2. The maximum atomic E-state index is 12.2. The lowest BCUT2D eigenvalue weighted by Crippen LogP contribution is -2.31. The quantitative estimate of drug-likeness (QED) is 0.774. The van der Waals surface area contributed by atoms with Crippen LogP contribution in [0.1, 0.15) is 12.5 Å². The van der Waals surface area contributed by atoms with Crippen LogP contribution in [0.15, 0.2) is 60.7 Å². The zero-order valence-corrected chi connectivity index (χ0v) is 10.8. The normalized spacial score (nSPS) is 15.1. The highest BCUT2D eigenvalue weighted by atomic mass is 16.2. The Morgan fingerprint density at radius 1 is 1.11 bits per heavy atom. The van der Waals surface area contributed by atoms with Gasteiger partial charge in [0.15, 0.2) is 0 Å². The fourth-order valence-corrected chi connectivity index (χ4v) is 2.11. The molecule has 1 aliphatic rings. The van der Waals surface area contributed by atoms with Gasteiger partial charge in [0, 0.05) is 0 Å². The lowest BCUT2D eigenvalue weighted by atomic mass is 10.1. The van der Waals surface area contributed by atoms with E-state index in [2.05, 4.69) is 13.2 Å². The molecule has 0 aromatic heterocycles. The third kappa shape index (κ3) is 2.03. The van der Waals surface area contributed by atoms with Crippen molar-refractivity contribution in [3.05, 3.63) is 66.3 Å². The highest BCUT2D eigenvalue weighted by Crippen LogP contribution is 2.28. The Morgan fingerprint density at radius 2 is 1.68 bits per heavy atom.